The van der Waals surface area contributed by atoms with E-state index in [0.29, 0.717) is 6.42 Å². The van der Waals surface area contributed by atoms with Gasteiger partial charge >= 0.3 is 0 Å². The van der Waals surface area contributed by atoms with Crippen LogP contribution in [0.2, 0.25) is 0 Å². The highest BCUT2D eigenvalue weighted by Gasteiger charge is 2.44. The molecule has 1 saturated heterocycles. The number of allylic oxidation sites excluding steroid dienone is 1. The quantitative estimate of drug-likeness (QED) is 0.0232. The van der Waals surface area contributed by atoms with Crippen LogP contribution in [-0.4, -0.2) is 98.7 Å². The third kappa shape index (κ3) is 38.2. The van der Waals surface area contributed by atoms with E-state index in [1.54, 1.807) is 6.08 Å². The van der Waals surface area contributed by atoms with Gasteiger partial charge in [0.1, 0.15) is 30.5 Å². The van der Waals surface area contributed by atoms with Gasteiger partial charge in [0.05, 0.1) is 25.4 Å². The Morgan fingerprint density at radius 3 is 1.17 bits per heavy atom. The van der Waals surface area contributed by atoms with Crippen LogP contribution in [0.4, 0.5) is 0 Å². The SMILES string of the molecule is CCCCCCCCCCCCC/C=C/C(O)C(COC1OC(CO)C(O)C(O)C1O)NC(=O)C(O)CCCCCCCCCCCCCCCCCCCCCCCCCCCCCCCCC. The molecule has 0 radical (unpaired) electrons. The summed E-state index contributed by atoms with van der Waals surface area (Å²) in [6, 6.07) is -0.976. The molecule has 1 amide bonds. The van der Waals surface area contributed by atoms with Gasteiger partial charge in [-0.15, -0.1) is 0 Å². The van der Waals surface area contributed by atoms with Crippen LogP contribution in [0.25, 0.3) is 0 Å². The molecular formula is C59H115NO9. The van der Waals surface area contributed by atoms with Crippen LogP contribution in [0, 0.1) is 0 Å². The lowest BCUT2D eigenvalue weighted by molar-refractivity contribution is -0.302. The molecule has 410 valence electrons. The predicted octanol–water partition coefficient (Wildman–Crippen LogP) is 13.8. The number of hydrogen-bond donors (Lipinski definition) is 7. The molecule has 0 aliphatic carbocycles. The Labute approximate surface area is 425 Å². The number of hydrogen-bond acceptors (Lipinski definition) is 9. The van der Waals surface area contributed by atoms with E-state index in [2.05, 4.69) is 19.2 Å². The zero-order valence-corrected chi connectivity index (χ0v) is 45.2. The zero-order valence-electron chi connectivity index (χ0n) is 45.2. The standard InChI is InChI=1S/C59H115NO9/c1-3-5-7-9-11-13-15-17-18-19-20-21-22-23-24-25-26-27-28-29-30-31-32-33-34-36-38-40-42-44-46-48-53(63)58(67)60-51(50-68-59-57(66)56(65)55(64)54(49-61)69-59)52(62)47-45-43-41-39-37-35-16-14-12-10-8-6-4-2/h45,47,51-57,59,61-66H,3-44,46,48-50H2,1-2H3,(H,60,67)/b47-45+. The molecule has 1 aliphatic heterocycles. The van der Waals surface area contributed by atoms with Crippen LogP contribution in [0.1, 0.15) is 296 Å². The van der Waals surface area contributed by atoms with Crippen molar-refractivity contribution in [1.82, 2.24) is 5.32 Å². The Bertz CT molecular complexity index is 1110. The lowest BCUT2D eigenvalue weighted by Gasteiger charge is -2.40. The summed E-state index contributed by atoms with van der Waals surface area (Å²) >= 11 is 0. The Hall–Kier alpha value is -1.11. The minimum atomic E-state index is -1.61. The maximum Gasteiger partial charge on any atom is 0.249 e. The molecule has 69 heavy (non-hydrogen) atoms. The molecule has 7 N–H and O–H groups in total. The maximum atomic E-state index is 13.1. The second kappa shape index (κ2) is 49.1. The Morgan fingerprint density at radius 2 is 0.826 bits per heavy atom. The highest BCUT2D eigenvalue weighted by molar-refractivity contribution is 5.80. The number of amides is 1. The van der Waals surface area contributed by atoms with Crippen molar-refractivity contribution in [2.75, 3.05) is 13.2 Å². The molecule has 0 aromatic carbocycles. The van der Waals surface area contributed by atoms with Crippen molar-refractivity contribution in [3.8, 4) is 0 Å². The molecule has 1 rings (SSSR count). The Kier molecular flexibility index (Phi) is 46.9. The van der Waals surface area contributed by atoms with E-state index in [-0.39, 0.29) is 6.61 Å². The number of rotatable bonds is 52. The van der Waals surface area contributed by atoms with E-state index in [1.807, 2.05) is 6.08 Å². The van der Waals surface area contributed by atoms with Gasteiger partial charge in [-0.2, -0.15) is 0 Å². The largest absolute Gasteiger partial charge is 0.394 e. The molecule has 8 atom stereocenters. The summed E-state index contributed by atoms with van der Waals surface area (Å²) < 4.78 is 11.2. The molecule has 10 heteroatoms. The summed E-state index contributed by atoms with van der Waals surface area (Å²) in [5, 5.41) is 65.0. The van der Waals surface area contributed by atoms with Gasteiger partial charge in [0.15, 0.2) is 6.29 Å². The van der Waals surface area contributed by atoms with Gasteiger partial charge in [-0.1, -0.05) is 289 Å². The van der Waals surface area contributed by atoms with Crippen molar-refractivity contribution in [3.63, 3.8) is 0 Å². The molecule has 0 aromatic heterocycles. The fraction of sp³-hybridized carbons (Fsp3) is 0.949. The molecule has 0 saturated carbocycles. The number of ether oxygens (including phenoxy) is 2. The van der Waals surface area contributed by atoms with Crippen molar-refractivity contribution >= 4 is 5.91 Å². The summed E-state index contributed by atoms with van der Waals surface area (Å²) in [5.41, 5.74) is 0. The molecule has 0 aromatic rings. The molecule has 1 heterocycles. The molecular weight excluding hydrogens is 867 g/mol. The summed E-state index contributed by atoms with van der Waals surface area (Å²) in [5.74, 6) is -0.610. The van der Waals surface area contributed by atoms with E-state index < -0.39 is 61.5 Å². The number of carbonyl (C=O) groups excluding carboxylic acids is 1. The van der Waals surface area contributed by atoms with Crippen molar-refractivity contribution in [1.29, 1.82) is 0 Å². The van der Waals surface area contributed by atoms with Gasteiger partial charge in [0.25, 0.3) is 0 Å². The first-order valence-electron chi connectivity index (χ1n) is 30.0. The summed E-state index contributed by atoms with van der Waals surface area (Å²) in [6.07, 6.45) is 50.5. The van der Waals surface area contributed by atoms with Gasteiger partial charge in [-0.05, 0) is 19.3 Å². The van der Waals surface area contributed by atoms with E-state index >= 15 is 0 Å². The zero-order chi connectivity index (χ0) is 50.3. The Morgan fingerprint density at radius 1 is 0.493 bits per heavy atom. The molecule has 1 aliphatic rings. The van der Waals surface area contributed by atoms with Crippen LogP contribution >= 0.6 is 0 Å². The fourth-order valence-corrected chi connectivity index (χ4v) is 9.87. The predicted molar refractivity (Wildman–Crippen MR) is 287 cm³/mol. The number of unbranched alkanes of at least 4 members (excludes halogenated alkanes) is 41. The molecule has 0 spiro atoms. The normalized spacial score (nSPS) is 19.9. The van der Waals surface area contributed by atoms with Crippen molar-refractivity contribution in [2.24, 2.45) is 0 Å². The maximum absolute atomic E-state index is 13.1. The number of aliphatic hydroxyl groups excluding tert-OH is 6. The molecule has 10 nitrogen and oxygen atoms in total. The second-order valence-corrected chi connectivity index (χ2v) is 21.3. The van der Waals surface area contributed by atoms with Crippen molar-refractivity contribution < 1.29 is 44.9 Å². The minimum absolute atomic E-state index is 0.301. The van der Waals surface area contributed by atoms with Crippen molar-refractivity contribution in [3.05, 3.63) is 12.2 Å². The van der Waals surface area contributed by atoms with E-state index in [4.69, 9.17) is 9.47 Å². The first-order chi connectivity index (χ1) is 33.8. The average molecular weight is 983 g/mol. The second-order valence-electron chi connectivity index (χ2n) is 21.3. The minimum Gasteiger partial charge on any atom is -0.394 e. The van der Waals surface area contributed by atoms with E-state index in [0.717, 1.165) is 44.9 Å². The number of aliphatic hydroxyl groups is 6. The van der Waals surface area contributed by atoms with Crippen LogP contribution in [0.5, 0.6) is 0 Å². The summed E-state index contributed by atoms with van der Waals surface area (Å²) in [4.78, 5) is 13.1. The summed E-state index contributed by atoms with van der Waals surface area (Å²) in [7, 11) is 0. The van der Waals surface area contributed by atoms with Gasteiger partial charge in [-0.25, -0.2) is 0 Å². The number of carbonyl (C=O) groups is 1. The van der Waals surface area contributed by atoms with Gasteiger partial charge in [-0.3, -0.25) is 4.79 Å². The third-order valence-electron chi connectivity index (χ3n) is 14.7. The topological polar surface area (TPSA) is 169 Å². The first-order valence-corrected chi connectivity index (χ1v) is 30.0. The molecule has 0 bridgehead atoms. The van der Waals surface area contributed by atoms with Gasteiger partial charge in [0, 0.05) is 0 Å². The van der Waals surface area contributed by atoms with Crippen LogP contribution in [0.15, 0.2) is 12.2 Å². The fourth-order valence-electron chi connectivity index (χ4n) is 9.87. The van der Waals surface area contributed by atoms with Crippen LogP contribution in [0.3, 0.4) is 0 Å². The van der Waals surface area contributed by atoms with Crippen LogP contribution in [-0.2, 0) is 14.3 Å². The molecule has 1 fully saturated rings. The smallest absolute Gasteiger partial charge is 0.249 e. The monoisotopic (exact) mass is 982 g/mol. The lowest BCUT2D eigenvalue weighted by Crippen LogP contribution is -2.60. The van der Waals surface area contributed by atoms with E-state index in [9.17, 15) is 35.4 Å². The van der Waals surface area contributed by atoms with Gasteiger partial charge in [0.2, 0.25) is 5.91 Å². The van der Waals surface area contributed by atoms with Gasteiger partial charge < -0.3 is 45.4 Å². The lowest BCUT2D eigenvalue weighted by atomic mass is 9.99. The summed E-state index contributed by atoms with van der Waals surface area (Å²) in [6.45, 7) is 3.64. The third-order valence-corrected chi connectivity index (χ3v) is 14.7. The first kappa shape index (κ1) is 65.9. The van der Waals surface area contributed by atoms with Crippen molar-refractivity contribution in [2.45, 2.75) is 345 Å². The van der Waals surface area contributed by atoms with Crippen LogP contribution < -0.4 is 5.32 Å². The Balaban J connectivity index is 2.14. The molecule has 8 unspecified atom stereocenters. The highest BCUT2D eigenvalue weighted by Crippen LogP contribution is 2.23. The average Bonchev–Trinajstić information content (AvgIpc) is 3.35. The number of nitrogens with one attached hydrogen (secondary N) is 1. The highest BCUT2D eigenvalue weighted by atomic mass is 16.7. The van der Waals surface area contributed by atoms with E-state index in [1.165, 1.54) is 231 Å².